The summed E-state index contributed by atoms with van der Waals surface area (Å²) in [7, 11) is 0. The number of ether oxygens (including phenoxy) is 1. The molecule has 3 heteroatoms. The molecule has 0 aliphatic carbocycles. The minimum absolute atomic E-state index is 0.239. The van der Waals surface area contributed by atoms with Crippen molar-refractivity contribution in [2.45, 2.75) is 32.1 Å². The van der Waals surface area contributed by atoms with E-state index in [1.54, 1.807) is 11.8 Å². The molecule has 0 saturated heterocycles. The molecule has 1 aromatic carbocycles. The molecule has 1 rings (SSSR count). The number of rotatable bonds is 3. The summed E-state index contributed by atoms with van der Waals surface area (Å²) in [5.74, 6) is 0.590. The van der Waals surface area contributed by atoms with Crippen molar-refractivity contribution in [3.05, 3.63) is 35.4 Å². The summed E-state index contributed by atoms with van der Waals surface area (Å²) >= 11 is 1.70. The van der Waals surface area contributed by atoms with Gasteiger partial charge in [0, 0.05) is 5.75 Å². The van der Waals surface area contributed by atoms with Crippen LogP contribution in [-0.2, 0) is 10.5 Å². The Morgan fingerprint density at radius 2 is 1.94 bits per heavy atom. The van der Waals surface area contributed by atoms with Gasteiger partial charge in [-0.25, -0.2) is 4.79 Å². The number of carbonyl (C=O) groups excluding carboxylic acids is 1. The molecule has 0 atom stereocenters. The number of esters is 1. The second-order valence-corrected chi connectivity index (χ2v) is 5.46. The van der Waals surface area contributed by atoms with E-state index >= 15 is 0 Å². The highest BCUT2D eigenvalue weighted by Gasteiger charge is 2.19. The maximum absolute atomic E-state index is 11.9. The molecule has 0 heterocycles. The Kier molecular flexibility index (Phi) is 4.42. The van der Waals surface area contributed by atoms with Gasteiger partial charge in [0.1, 0.15) is 5.60 Å². The van der Waals surface area contributed by atoms with Gasteiger partial charge in [-0.3, -0.25) is 0 Å². The smallest absolute Gasteiger partial charge is 0.338 e. The van der Waals surface area contributed by atoms with Crippen LogP contribution in [0.2, 0.25) is 0 Å². The topological polar surface area (TPSA) is 26.3 Å². The molecule has 0 saturated carbocycles. The molecule has 1 aromatic rings. The third kappa shape index (κ3) is 3.89. The molecular formula is C13H18O2S. The maximum atomic E-state index is 11.9. The number of benzene rings is 1. The van der Waals surface area contributed by atoms with Crippen molar-refractivity contribution in [2.75, 3.05) is 6.26 Å². The molecule has 0 bridgehead atoms. The van der Waals surface area contributed by atoms with Gasteiger partial charge in [0.05, 0.1) is 5.56 Å². The Morgan fingerprint density at radius 1 is 1.31 bits per heavy atom. The van der Waals surface area contributed by atoms with Crippen LogP contribution >= 0.6 is 11.8 Å². The fourth-order valence-electron chi connectivity index (χ4n) is 1.33. The first-order valence-corrected chi connectivity index (χ1v) is 6.63. The Labute approximate surface area is 101 Å². The lowest BCUT2D eigenvalue weighted by Gasteiger charge is -2.20. The minimum atomic E-state index is -0.441. The maximum Gasteiger partial charge on any atom is 0.338 e. The van der Waals surface area contributed by atoms with Gasteiger partial charge in [-0.15, -0.1) is 0 Å². The average molecular weight is 238 g/mol. The zero-order chi connectivity index (χ0) is 12.2. The van der Waals surface area contributed by atoms with E-state index in [2.05, 4.69) is 0 Å². The molecular weight excluding hydrogens is 220 g/mol. The van der Waals surface area contributed by atoms with Gasteiger partial charge in [0.15, 0.2) is 0 Å². The first-order chi connectivity index (χ1) is 7.44. The molecule has 0 spiro atoms. The zero-order valence-corrected chi connectivity index (χ0v) is 11.1. The summed E-state index contributed by atoms with van der Waals surface area (Å²) in [6.45, 7) is 5.63. The van der Waals surface area contributed by atoms with E-state index in [4.69, 9.17) is 4.74 Å². The molecule has 0 aromatic heterocycles. The van der Waals surface area contributed by atoms with Crippen molar-refractivity contribution in [2.24, 2.45) is 0 Å². The average Bonchev–Trinajstić information content (AvgIpc) is 2.16. The van der Waals surface area contributed by atoms with E-state index in [0.717, 1.165) is 11.3 Å². The highest BCUT2D eigenvalue weighted by Crippen LogP contribution is 2.18. The molecule has 0 radical (unpaired) electrons. The Morgan fingerprint density at radius 3 is 2.50 bits per heavy atom. The fraction of sp³-hybridized carbons (Fsp3) is 0.462. The third-order valence-corrected chi connectivity index (χ3v) is 2.54. The van der Waals surface area contributed by atoms with Gasteiger partial charge in [-0.05, 0) is 38.7 Å². The van der Waals surface area contributed by atoms with Gasteiger partial charge in [-0.1, -0.05) is 18.2 Å². The van der Waals surface area contributed by atoms with Crippen molar-refractivity contribution in [1.29, 1.82) is 0 Å². The summed E-state index contributed by atoms with van der Waals surface area (Å²) in [4.78, 5) is 11.9. The SMILES string of the molecule is CSCc1ccccc1C(=O)OC(C)(C)C. The van der Waals surface area contributed by atoms with E-state index in [9.17, 15) is 4.79 Å². The Bertz CT molecular complexity index is 366. The summed E-state index contributed by atoms with van der Waals surface area (Å²) in [5.41, 5.74) is 1.26. The van der Waals surface area contributed by atoms with Gasteiger partial charge >= 0.3 is 5.97 Å². The second-order valence-electron chi connectivity index (χ2n) is 4.59. The molecule has 0 unspecified atom stereocenters. The van der Waals surface area contributed by atoms with Crippen molar-refractivity contribution in [1.82, 2.24) is 0 Å². The van der Waals surface area contributed by atoms with Gasteiger partial charge < -0.3 is 4.74 Å². The lowest BCUT2D eigenvalue weighted by Crippen LogP contribution is -2.24. The summed E-state index contributed by atoms with van der Waals surface area (Å²) in [6, 6.07) is 7.60. The van der Waals surface area contributed by atoms with Gasteiger partial charge in [0.25, 0.3) is 0 Å². The summed E-state index contributed by atoms with van der Waals surface area (Å²) in [6.07, 6.45) is 2.02. The van der Waals surface area contributed by atoms with Gasteiger partial charge in [0.2, 0.25) is 0 Å². The minimum Gasteiger partial charge on any atom is -0.456 e. The first kappa shape index (κ1) is 13.1. The number of carbonyl (C=O) groups is 1. The molecule has 0 fully saturated rings. The van der Waals surface area contributed by atoms with Gasteiger partial charge in [-0.2, -0.15) is 11.8 Å². The lowest BCUT2D eigenvalue weighted by atomic mass is 10.1. The van der Waals surface area contributed by atoms with Crippen LogP contribution in [0.5, 0.6) is 0 Å². The van der Waals surface area contributed by atoms with Crippen LogP contribution in [0, 0.1) is 0 Å². The van der Waals surface area contributed by atoms with Crippen molar-refractivity contribution in [3.8, 4) is 0 Å². The summed E-state index contributed by atoms with van der Waals surface area (Å²) in [5, 5.41) is 0. The number of hydrogen-bond donors (Lipinski definition) is 0. The first-order valence-electron chi connectivity index (χ1n) is 5.24. The van der Waals surface area contributed by atoms with Crippen LogP contribution in [0.4, 0.5) is 0 Å². The Balaban J connectivity index is 2.90. The van der Waals surface area contributed by atoms with E-state index in [1.165, 1.54) is 0 Å². The van der Waals surface area contributed by atoms with E-state index in [0.29, 0.717) is 5.56 Å². The monoisotopic (exact) mass is 238 g/mol. The van der Waals surface area contributed by atoms with Crippen molar-refractivity contribution >= 4 is 17.7 Å². The molecule has 0 amide bonds. The lowest BCUT2D eigenvalue weighted by molar-refractivity contribution is 0.00687. The van der Waals surface area contributed by atoms with E-state index in [-0.39, 0.29) is 5.97 Å². The quantitative estimate of drug-likeness (QED) is 0.754. The predicted octanol–water partition coefficient (Wildman–Crippen LogP) is 3.50. The fourth-order valence-corrected chi connectivity index (χ4v) is 1.90. The van der Waals surface area contributed by atoms with Crippen molar-refractivity contribution in [3.63, 3.8) is 0 Å². The molecule has 0 N–H and O–H groups in total. The van der Waals surface area contributed by atoms with Crippen LogP contribution in [0.15, 0.2) is 24.3 Å². The second kappa shape index (κ2) is 5.39. The summed E-state index contributed by atoms with van der Waals surface area (Å²) < 4.78 is 5.36. The zero-order valence-electron chi connectivity index (χ0n) is 10.2. The molecule has 16 heavy (non-hydrogen) atoms. The van der Waals surface area contributed by atoms with Crippen LogP contribution in [0.3, 0.4) is 0 Å². The highest BCUT2D eigenvalue weighted by molar-refractivity contribution is 7.97. The van der Waals surface area contributed by atoms with E-state index < -0.39 is 5.60 Å². The molecule has 88 valence electrons. The molecule has 2 nitrogen and oxygen atoms in total. The standard InChI is InChI=1S/C13H18O2S/c1-13(2,3)15-12(14)11-8-6-5-7-10(11)9-16-4/h5-8H,9H2,1-4H3. The number of hydrogen-bond acceptors (Lipinski definition) is 3. The Hall–Kier alpha value is -0.960. The predicted molar refractivity (Wildman–Crippen MR) is 68.8 cm³/mol. The number of thioether (sulfide) groups is 1. The third-order valence-electron chi connectivity index (χ3n) is 1.94. The van der Waals surface area contributed by atoms with Crippen LogP contribution < -0.4 is 0 Å². The van der Waals surface area contributed by atoms with Crippen LogP contribution in [0.25, 0.3) is 0 Å². The largest absolute Gasteiger partial charge is 0.456 e. The van der Waals surface area contributed by atoms with Crippen molar-refractivity contribution < 1.29 is 9.53 Å². The van der Waals surface area contributed by atoms with Crippen LogP contribution in [-0.4, -0.2) is 17.8 Å². The van der Waals surface area contributed by atoms with E-state index in [1.807, 2.05) is 51.3 Å². The van der Waals surface area contributed by atoms with Crippen LogP contribution in [0.1, 0.15) is 36.7 Å². The molecule has 0 aliphatic heterocycles. The normalized spacial score (nSPS) is 11.2. The molecule has 0 aliphatic rings. The highest BCUT2D eigenvalue weighted by atomic mass is 32.2.